The summed E-state index contributed by atoms with van der Waals surface area (Å²) in [6, 6.07) is 5.67. The maximum Gasteiger partial charge on any atom is 0.193 e. The maximum absolute atomic E-state index is 6.20. The molecule has 1 unspecified atom stereocenters. The van der Waals surface area contributed by atoms with Crippen molar-refractivity contribution >= 4 is 53.1 Å². The minimum Gasteiger partial charge on any atom is -0.381 e. The zero-order chi connectivity index (χ0) is 16.7. The van der Waals surface area contributed by atoms with Crippen LogP contribution in [0.1, 0.15) is 18.4 Å². The van der Waals surface area contributed by atoms with Crippen molar-refractivity contribution in [2.24, 2.45) is 10.9 Å². The topological polar surface area (TPSA) is 36.9 Å². The lowest BCUT2D eigenvalue weighted by molar-refractivity contribution is 0.181. The Bertz CT molecular complexity index is 537. The standard InChI is InChI=1S/C17H25Cl2N3O.HI/c1-20-17(22(2)11-13-7-9-23-12-13)21-8-3-4-14-5-6-15(18)10-16(14)19;/h5-6,10,13H,3-4,7-9,11-12H2,1-2H3,(H,20,21);1H. The van der Waals surface area contributed by atoms with Crippen molar-refractivity contribution in [1.82, 2.24) is 10.2 Å². The van der Waals surface area contributed by atoms with E-state index in [1.165, 1.54) is 0 Å². The number of ether oxygens (including phenoxy) is 1. The third-order valence-electron chi connectivity index (χ3n) is 4.05. The number of aryl methyl sites for hydroxylation is 1. The van der Waals surface area contributed by atoms with Crippen LogP contribution in [0.25, 0.3) is 0 Å². The fourth-order valence-corrected chi connectivity index (χ4v) is 3.29. The van der Waals surface area contributed by atoms with Crippen LogP contribution >= 0.6 is 47.2 Å². The van der Waals surface area contributed by atoms with Crippen molar-refractivity contribution in [3.8, 4) is 0 Å². The number of benzene rings is 1. The van der Waals surface area contributed by atoms with E-state index < -0.39 is 0 Å². The van der Waals surface area contributed by atoms with Crippen molar-refractivity contribution in [2.45, 2.75) is 19.3 Å². The molecule has 24 heavy (non-hydrogen) atoms. The fourth-order valence-electron chi connectivity index (χ4n) is 2.79. The van der Waals surface area contributed by atoms with E-state index in [9.17, 15) is 0 Å². The van der Waals surface area contributed by atoms with Gasteiger partial charge in [0, 0.05) is 49.8 Å². The van der Waals surface area contributed by atoms with Crippen LogP contribution in [-0.2, 0) is 11.2 Å². The predicted molar refractivity (Wildman–Crippen MR) is 113 cm³/mol. The Balaban J connectivity index is 0.00000288. The summed E-state index contributed by atoms with van der Waals surface area (Å²) in [5, 5.41) is 4.82. The van der Waals surface area contributed by atoms with Crippen LogP contribution < -0.4 is 5.32 Å². The summed E-state index contributed by atoms with van der Waals surface area (Å²) >= 11 is 12.1. The minimum atomic E-state index is 0. The van der Waals surface area contributed by atoms with Gasteiger partial charge in [-0.25, -0.2) is 0 Å². The highest BCUT2D eigenvalue weighted by Crippen LogP contribution is 2.21. The molecule has 1 atom stereocenters. The molecule has 0 saturated carbocycles. The summed E-state index contributed by atoms with van der Waals surface area (Å²) in [6.07, 6.45) is 3.04. The van der Waals surface area contributed by atoms with Gasteiger partial charge in [0.2, 0.25) is 0 Å². The second kappa shape index (κ2) is 11.4. The molecule has 0 bridgehead atoms. The van der Waals surface area contributed by atoms with Crippen LogP contribution in [0.4, 0.5) is 0 Å². The highest BCUT2D eigenvalue weighted by Gasteiger charge is 2.18. The Labute approximate surface area is 172 Å². The average molecular weight is 486 g/mol. The van der Waals surface area contributed by atoms with Crippen LogP contribution in [0.15, 0.2) is 23.2 Å². The Morgan fingerprint density at radius 3 is 2.83 bits per heavy atom. The summed E-state index contributed by atoms with van der Waals surface area (Å²) in [5.41, 5.74) is 1.13. The number of nitrogens with zero attached hydrogens (tertiary/aromatic N) is 2. The van der Waals surface area contributed by atoms with Crippen LogP contribution in [0, 0.1) is 5.92 Å². The van der Waals surface area contributed by atoms with E-state index >= 15 is 0 Å². The Morgan fingerprint density at radius 1 is 1.42 bits per heavy atom. The summed E-state index contributed by atoms with van der Waals surface area (Å²) < 4.78 is 5.43. The maximum atomic E-state index is 6.20. The number of rotatable bonds is 6. The number of hydrogen-bond acceptors (Lipinski definition) is 2. The van der Waals surface area contributed by atoms with Gasteiger partial charge in [-0.1, -0.05) is 29.3 Å². The van der Waals surface area contributed by atoms with E-state index in [1.54, 1.807) is 6.07 Å². The molecule has 7 heteroatoms. The van der Waals surface area contributed by atoms with Crippen molar-refractivity contribution in [2.75, 3.05) is 40.4 Å². The van der Waals surface area contributed by atoms with Crippen molar-refractivity contribution in [3.05, 3.63) is 33.8 Å². The second-order valence-electron chi connectivity index (χ2n) is 5.92. The van der Waals surface area contributed by atoms with Crippen molar-refractivity contribution < 1.29 is 4.74 Å². The lowest BCUT2D eigenvalue weighted by Gasteiger charge is -2.24. The molecule has 1 aliphatic rings. The molecule has 1 aromatic carbocycles. The Kier molecular flexibility index (Phi) is 10.3. The van der Waals surface area contributed by atoms with Gasteiger partial charge in [0.1, 0.15) is 0 Å². The molecule has 2 rings (SSSR count). The largest absolute Gasteiger partial charge is 0.381 e. The van der Waals surface area contributed by atoms with E-state index in [2.05, 4.69) is 22.3 Å². The molecule has 0 aromatic heterocycles. The van der Waals surface area contributed by atoms with Gasteiger partial charge in [0.25, 0.3) is 0 Å². The molecule has 1 heterocycles. The van der Waals surface area contributed by atoms with Gasteiger partial charge in [-0.05, 0) is 37.0 Å². The summed E-state index contributed by atoms with van der Waals surface area (Å²) in [6.45, 7) is 3.57. The molecule has 0 radical (unpaired) electrons. The van der Waals surface area contributed by atoms with Crippen molar-refractivity contribution in [1.29, 1.82) is 0 Å². The fraction of sp³-hybridized carbons (Fsp3) is 0.588. The van der Waals surface area contributed by atoms with Crippen LogP contribution in [-0.4, -0.2) is 51.3 Å². The first-order chi connectivity index (χ1) is 11.1. The highest BCUT2D eigenvalue weighted by molar-refractivity contribution is 14.0. The first-order valence-electron chi connectivity index (χ1n) is 8.03. The summed E-state index contributed by atoms with van der Waals surface area (Å²) in [5.74, 6) is 1.53. The Hall–Kier alpha value is -0.240. The lowest BCUT2D eigenvalue weighted by Crippen LogP contribution is -2.41. The van der Waals surface area contributed by atoms with E-state index in [-0.39, 0.29) is 24.0 Å². The molecular formula is C17H26Cl2IN3O. The molecular weight excluding hydrogens is 460 g/mol. The normalized spacial score (nSPS) is 17.5. The third kappa shape index (κ3) is 6.94. The monoisotopic (exact) mass is 485 g/mol. The lowest BCUT2D eigenvalue weighted by atomic mass is 10.1. The van der Waals surface area contributed by atoms with Crippen molar-refractivity contribution in [3.63, 3.8) is 0 Å². The Morgan fingerprint density at radius 2 is 2.21 bits per heavy atom. The van der Waals surface area contributed by atoms with Crippen LogP contribution in [0.2, 0.25) is 10.0 Å². The number of halogens is 3. The zero-order valence-electron chi connectivity index (χ0n) is 14.2. The first-order valence-corrected chi connectivity index (χ1v) is 8.79. The van der Waals surface area contributed by atoms with E-state index in [1.807, 2.05) is 19.2 Å². The van der Waals surface area contributed by atoms with Gasteiger partial charge in [-0.2, -0.15) is 0 Å². The summed E-state index contributed by atoms with van der Waals surface area (Å²) in [7, 11) is 3.89. The van der Waals surface area contributed by atoms with Crippen LogP contribution in [0.5, 0.6) is 0 Å². The molecule has 4 nitrogen and oxygen atoms in total. The van der Waals surface area contributed by atoms with Gasteiger partial charge in [-0.3, -0.25) is 4.99 Å². The predicted octanol–water partition coefficient (Wildman–Crippen LogP) is 4.09. The number of hydrogen-bond donors (Lipinski definition) is 1. The van der Waals surface area contributed by atoms with Gasteiger partial charge in [-0.15, -0.1) is 24.0 Å². The summed E-state index contributed by atoms with van der Waals surface area (Å²) in [4.78, 5) is 6.53. The molecule has 1 N–H and O–H groups in total. The third-order valence-corrected chi connectivity index (χ3v) is 4.64. The smallest absolute Gasteiger partial charge is 0.193 e. The molecule has 1 saturated heterocycles. The quantitative estimate of drug-likeness (QED) is 0.285. The zero-order valence-corrected chi connectivity index (χ0v) is 18.1. The van der Waals surface area contributed by atoms with Gasteiger partial charge in [0.05, 0.1) is 6.61 Å². The molecule has 1 fully saturated rings. The first kappa shape index (κ1) is 21.8. The minimum absolute atomic E-state index is 0. The molecule has 1 aliphatic heterocycles. The van der Waals surface area contributed by atoms with E-state index in [4.69, 9.17) is 27.9 Å². The average Bonchev–Trinajstić information content (AvgIpc) is 3.02. The molecule has 0 amide bonds. The van der Waals surface area contributed by atoms with Gasteiger partial charge < -0.3 is 15.0 Å². The van der Waals surface area contributed by atoms with Crippen LogP contribution in [0.3, 0.4) is 0 Å². The molecule has 136 valence electrons. The number of guanidine groups is 1. The molecule has 1 aromatic rings. The highest BCUT2D eigenvalue weighted by atomic mass is 127. The van der Waals surface area contributed by atoms with E-state index in [0.29, 0.717) is 10.9 Å². The molecule has 0 aliphatic carbocycles. The SMILES string of the molecule is CN=C(NCCCc1ccc(Cl)cc1Cl)N(C)CC1CCOC1.I. The van der Waals surface area contributed by atoms with Gasteiger partial charge >= 0.3 is 0 Å². The molecule has 0 spiro atoms. The number of nitrogens with one attached hydrogen (secondary N) is 1. The second-order valence-corrected chi connectivity index (χ2v) is 6.77. The van der Waals surface area contributed by atoms with E-state index in [0.717, 1.165) is 62.1 Å². The van der Waals surface area contributed by atoms with Gasteiger partial charge in [0.15, 0.2) is 5.96 Å². The number of aliphatic imine (C=N–C) groups is 1.